The highest BCUT2D eigenvalue weighted by Crippen LogP contribution is 2.25. The van der Waals surface area contributed by atoms with Crippen molar-refractivity contribution in [2.45, 2.75) is 51.2 Å². The Morgan fingerprint density at radius 1 is 1.10 bits per heavy atom. The van der Waals surface area contributed by atoms with Crippen LogP contribution >= 0.6 is 0 Å². The lowest BCUT2D eigenvalue weighted by molar-refractivity contribution is 0.127. The predicted octanol–water partition coefficient (Wildman–Crippen LogP) is 3.21. The Hall–Kier alpha value is -1.06. The number of piperidine rings is 1. The number of hydrogen-bond acceptors (Lipinski definition) is 3. The van der Waals surface area contributed by atoms with Gasteiger partial charge in [0, 0.05) is 13.2 Å². The molecule has 2 aliphatic rings. The molecule has 1 aromatic rings. The molecular formula is C18H27NO2. The highest BCUT2D eigenvalue weighted by atomic mass is 16.5. The largest absolute Gasteiger partial charge is 0.490 e. The number of benzene rings is 1. The van der Waals surface area contributed by atoms with Gasteiger partial charge in [0.05, 0.1) is 6.10 Å². The number of nitrogens with zero attached hydrogens (tertiary/aromatic N) is 1. The second-order valence-corrected chi connectivity index (χ2v) is 6.57. The third-order valence-electron chi connectivity index (χ3n) is 4.87. The minimum atomic E-state index is 0.346. The third-order valence-corrected chi connectivity index (χ3v) is 4.87. The van der Waals surface area contributed by atoms with E-state index in [1.165, 1.54) is 31.2 Å². The molecule has 116 valence electrons. The van der Waals surface area contributed by atoms with Crippen molar-refractivity contribution < 1.29 is 9.84 Å². The molecule has 1 heterocycles. The van der Waals surface area contributed by atoms with E-state index in [-0.39, 0.29) is 0 Å². The topological polar surface area (TPSA) is 32.7 Å². The molecule has 0 atom stereocenters. The minimum absolute atomic E-state index is 0.346. The van der Waals surface area contributed by atoms with E-state index >= 15 is 0 Å². The Kier molecular flexibility index (Phi) is 5.15. The molecule has 0 unspecified atom stereocenters. The van der Waals surface area contributed by atoms with Gasteiger partial charge in [-0.15, -0.1) is 0 Å². The Morgan fingerprint density at radius 3 is 2.57 bits per heavy atom. The normalized spacial score (nSPS) is 21.8. The van der Waals surface area contributed by atoms with Crippen molar-refractivity contribution in [1.29, 1.82) is 0 Å². The van der Waals surface area contributed by atoms with Crippen molar-refractivity contribution in [2.75, 3.05) is 19.7 Å². The summed E-state index contributed by atoms with van der Waals surface area (Å²) in [6.45, 7) is 3.54. The maximum absolute atomic E-state index is 9.20. The van der Waals surface area contributed by atoms with E-state index < -0.39 is 0 Å². The van der Waals surface area contributed by atoms with Crippen LogP contribution in [0.25, 0.3) is 0 Å². The van der Waals surface area contributed by atoms with Gasteiger partial charge in [0.25, 0.3) is 0 Å². The molecule has 1 aromatic carbocycles. The van der Waals surface area contributed by atoms with Gasteiger partial charge in [-0.05, 0) is 75.2 Å². The Morgan fingerprint density at radius 2 is 1.86 bits per heavy atom. The number of hydrogen-bond donors (Lipinski definition) is 1. The molecule has 1 saturated carbocycles. The first-order valence-corrected chi connectivity index (χ1v) is 8.42. The van der Waals surface area contributed by atoms with Crippen LogP contribution in [0, 0.1) is 5.92 Å². The first-order chi connectivity index (χ1) is 10.3. The number of aliphatic hydroxyl groups is 1. The van der Waals surface area contributed by atoms with Crippen LogP contribution in [0.5, 0.6) is 5.75 Å². The highest BCUT2D eigenvalue weighted by Gasteiger charge is 2.19. The molecule has 1 saturated heterocycles. The summed E-state index contributed by atoms with van der Waals surface area (Å²) in [5, 5.41) is 9.20. The number of likely N-dealkylation sites (tertiary alicyclic amines) is 1. The Balaban J connectivity index is 1.53. The molecule has 21 heavy (non-hydrogen) atoms. The summed E-state index contributed by atoms with van der Waals surface area (Å²) in [7, 11) is 0. The van der Waals surface area contributed by atoms with Crippen molar-refractivity contribution in [2.24, 2.45) is 5.92 Å². The molecule has 0 spiro atoms. The molecule has 3 heteroatoms. The first kappa shape index (κ1) is 14.9. The highest BCUT2D eigenvalue weighted by molar-refractivity contribution is 5.28. The fourth-order valence-corrected chi connectivity index (χ4v) is 3.50. The maximum Gasteiger partial charge on any atom is 0.120 e. The van der Waals surface area contributed by atoms with Crippen LogP contribution < -0.4 is 4.74 Å². The van der Waals surface area contributed by atoms with Crippen molar-refractivity contribution in [1.82, 2.24) is 4.90 Å². The van der Waals surface area contributed by atoms with Crippen LogP contribution in [0.1, 0.15) is 44.1 Å². The second-order valence-electron chi connectivity index (χ2n) is 6.57. The molecule has 0 bridgehead atoms. The fourth-order valence-electron chi connectivity index (χ4n) is 3.50. The molecule has 2 fully saturated rings. The average Bonchev–Trinajstić information content (AvgIpc) is 3.01. The van der Waals surface area contributed by atoms with Crippen LogP contribution in [-0.2, 0) is 6.54 Å². The summed E-state index contributed by atoms with van der Waals surface area (Å²) in [5.41, 5.74) is 1.34. The minimum Gasteiger partial charge on any atom is -0.490 e. The lowest BCUT2D eigenvalue weighted by atomic mass is 9.97. The van der Waals surface area contributed by atoms with E-state index in [0.29, 0.717) is 18.6 Å². The lowest BCUT2D eigenvalue weighted by Gasteiger charge is -2.31. The standard InChI is InChI=1S/C18H27NO2/c20-14-15-8-10-19(11-9-15)13-16-4-3-7-18(12-16)21-17-5-1-2-6-17/h3-4,7,12,15,17,20H,1-2,5-6,8-11,13-14H2. The smallest absolute Gasteiger partial charge is 0.120 e. The quantitative estimate of drug-likeness (QED) is 0.903. The summed E-state index contributed by atoms with van der Waals surface area (Å²) >= 11 is 0. The molecule has 3 rings (SSSR count). The van der Waals surface area contributed by atoms with Gasteiger partial charge in [-0.3, -0.25) is 4.90 Å². The predicted molar refractivity (Wildman–Crippen MR) is 84.4 cm³/mol. The molecular weight excluding hydrogens is 262 g/mol. The van der Waals surface area contributed by atoms with Crippen LogP contribution in [-0.4, -0.2) is 35.8 Å². The zero-order valence-corrected chi connectivity index (χ0v) is 12.8. The summed E-state index contributed by atoms with van der Waals surface area (Å²) in [6.07, 6.45) is 7.70. The van der Waals surface area contributed by atoms with E-state index in [0.717, 1.165) is 38.2 Å². The van der Waals surface area contributed by atoms with Crippen LogP contribution in [0.2, 0.25) is 0 Å². The SMILES string of the molecule is OCC1CCN(Cc2cccc(OC3CCCC3)c2)CC1. The zero-order chi connectivity index (χ0) is 14.5. The van der Waals surface area contributed by atoms with Gasteiger partial charge in [0.2, 0.25) is 0 Å². The summed E-state index contributed by atoms with van der Waals surface area (Å²) in [6, 6.07) is 8.59. The fraction of sp³-hybridized carbons (Fsp3) is 0.667. The second kappa shape index (κ2) is 7.28. The van der Waals surface area contributed by atoms with E-state index in [2.05, 4.69) is 29.2 Å². The summed E-state index contributed by atoms with van der Waals surface area (Å²) in [5.74, 6) is 1.54. The first-order valence-electron chi connectivity index (χ1n) is 8.42. The third kappa shape index (κ3) is 4.21. The lowest BCUT2D eigenvalue weighted by Crippen LogP contribution is -2.34. The number of aliphatic hydroxyl groups excluding tert-OH is 1. The zero-order valence-electron chi connectivity index (χ0n) is 12.8. The molecule has 0 amide bonds. The molecule has 0 aromatic heterocycles. The molecule has 0 radical (unpaired) electrons. The van der Waals surface area contributed by atoms with Gasteiger partial charge in [0.1, 0.15) is 5.75 Å². The van der Waals surface area contributed by atoms with E-state index in [1.807, 2.05) is 0 Å². The van der Waals surface area contributed by atoms with Crippen molar-refractivity contribution in [3.8, 4) is 5.75 Å². The van der Waals surface area contributed by atoms with Gasteiger partial charge in [-0.25, -0.2) is 0 Å². The van der Waals surface area contributed by atoms with Gasteiger partial charge >= 0.3 is 0 Å². The summed E-state index contributed by atoms with van der Waals surface area (Å²) in [4.78, 5) is 2.49. The summed E-state index contributed by atoms with van der Waals surface area (Å²) < 4.78 is 6.09. The van der Waals surface area contributed by atoms with Gasteiger partial charge < -0.3 is 9.84 Å². The van der Waals surface area contributed by atoms with Crippen molar-refractivity contribution in [3.63, 3.8) is 0 Å². The molecule has 1 aliphatic carbocycles. The average molecular weight is 289 g/mol. The molecule has 1 N–H and O–H groups in total. The van der Waals surface area contributed by atoms with Gasteiger partial charge in [0.15, 0.2) is 0 Å². The van der Waals surface area contributed by atoms with Crippen LogP contribution in [0.4, 0.5) is 0 Å². The Bertz CT molecular complexity index is 435. The Labute approximate surface area is 127 Å². The number of ether oxygens (including phenoxy) is 1. The molecule has 3 nitrogen and oxygen atoms in total. The van der Waals surface area contributed by atoms with Gasteiger partial charge in [-0.2, -0.15) is 0 Å². The van der Waals surface area contributed by atoms with Crippen LogP contribution in [0.3, 0.4) is 0 Å². The van der Waals surface area contributed by atoms with E-state index in [1.54, 1.807) is 0 Å². The van der Waals surface area contributed by atoms with E-state index in [4.69, 9.17) is 4.74 Å². The monoisotopic (exact) mass is 289 g/mol. The van der Waals surface area contributed by atoms with Crippen molar-refractivity contribution >= 4 is 0 Å². The van der Waals surface area contributed by atoms with Crippen molar-refractivity contribution in [3.05, 3.63) is 29.8 Å². The van der Waals surface area contributed by atoms with Gasteiger partial charge in [-0.1, -0.05) is 12.1 Å². The van der Waals surface area contributed by atoms with E-state index in [9.17, 15) is 5.11 Å². The van der Waals surface area contributed by atoms with Crippen LogP contribution in [0.15, 0.2) is 24.3 Å². The maximum atomic E-state index is 9.20. The molecule has 1 aliphatic heterocycles. The number of rotatable bonds is 5.